The van der Waals surface area contributed by atoms with E-state index in [-0.39, 0.29) is 35.9 Å². The summed E-state index contributed by atoms with van der Waals surface area (Å²) in [4.78, 5) is 53.9. The summed E-state index contributed by atoms with van der Waals surface area (Å²) in [5.74, 6) is -0.350. The van der Waals surface area contributed by atoms with Gasteiger partial charge in [-0.25, -0.2) is 4.98 Å². The van der Waals surface area contributed by atoms with Crippen molar-refractivity contribution in [2.45, 2.75) is 44.8 Å². The molecule has 1 aliphatic carbocycles. The highest BCUT2D eigenvalue weighted by molar-refractivity contribution is 7.32. The molecule has 1 aromatic carbocycles. The quantitative estimate of drug-likeness (QED) is 0.274. The Labute approximate surface area is 218 Å². The van der Waals surface area contributed by atoms with E-state index in [2.05, 4.69) is 14.8 Å². The van der Waals surface area contributed by atoms with Gasteiger partial charge in [0.15, 0.2) is 6.79 Å². The molecule has 4 N–H and O–H groups in total. The number of likely N-dealkylation sites (tertiary alicyclic amines) is 1. The summed E-state index contributed by atoms with van der Waals surface area (Å²) in [6.45, 7) is 1.31. The number of rotatable bonds is 9. The van der Waals surface area contributed by atoms with Crippen LogP contribution in [0.1, 0.15) is 35.3 Å². The van der Waals surface area contributed by atoms with E-state index in [1.54, 1.807) is 33.7 Å². The number of fused-ring (bicyclic) bond motifs is 3. The molecule has 2 aromatic heterocycles. The summed E-state index contributed by atoms with van der Waals surface area (Å²) in [5.41, 5.74) is 7.13. The number of aryl methyl sites for hydroxylation is 1. The van der Waals surface area contributed by atoms with Gasteiger partial charge in [-0.05, 0) is 62.4 Å². The highest BCUT2D eigenvalue weighted by Gasteiger charge is 2.51. The van der Waals surface area contributed by atoms with E-state index in [9.17, 15) is 18.9 Å². The second kappa shape index (κ2) is 10.6. The monoisotopic (exact) mass is 541 g/mol. The van der Waals surface area contributed by atoms with Crippen molar-refractivity contribution in [3.63, 3.8) is 0 Å². The third kappa shape index (κ3) is 5.15. The van der Waals surface area contributed by atoms with Crippen LogP contribution in [0, 0.1) is 12.8 Å². The topological polar surface area (TPSA) is 166 Å². The third-order valence-electron chi connectivity index (χ3n) is 7.11. The van der Waals surface area contributed by atoms with Gasteiger partial charge in [0.1, 0.15) is 24.2 Å². The number of nitrogens with two attached hydrogens (primary N) is 1. The Hall–Kier alpha value is -3.73. The van der Waals surface area contributed by atoms with Gasteiger partial charge in [-0.15, -0.1) is 0 Å². The number of primary amides is 1. The first kappa shape index (κ1) is 25.9. The molecule has 3 amide bonds. The van der Waals surface area contributed by atoms with E-state index >= 15 is 0 Å². The summed E-state index contributed by atoms with van der Waals surface area (Å²) in [7, 11) is -3.15. The van der Waals surface area contributed by atoms with Gasteiger partial charge in [0.2, 0.25) is 11.8 Å². The predicted molar refractivity (Wildman–Crippen MR) is 138 cm³/mol. The molecule has 200 valence electrons. The number of hydrogen-bond donors (Lipinski definition) is 3. The first-order valence-electron chi connectivity index (χ1n) is 12.2. The zero-order chi connectivity index (χ0) is 27.0. The molecule has 13 heteroatoms. The van der Waals surface area contributed by atoms with Gasteiger partial charge < -0.3 is 30.1 Å². The van der Waals surface area contributed by atoms with Crippen molar-refractivity contribution in [2.24, 2.45) is 11.7 Å². The van der Waals surface area contributed by atoms with Crippen LogP contribution in [0.2, 0.25) is 0 Å². The molecule has 1 unspecified atom stereocenters. The molecule has 3 aromatic rings. The second-order valence-electron chi connectivity index (χ2n) is 9.51. The summed E-state index contributed by atoms with van der Waals surface area (Å²) >= 11 is 0. The molecule has 2 fully saturated rings. The Morgan fingerprint density at radius 2 is 2.05 bits per heavy atom. The van der Waals surface area contributed by atoms with Crippen molar-refractivity contribution < 1.29 is 33.1 Å². The lowest BCUT2D eigenvalue weighted by Gasteiger charge is -2.34. The Kier molecular flexibility index (Phi) is 7.20. The van der Waals surface area contributed by atoms with Crippen LogP contribution in [0.3, 0.4) is 0 Å². The number of benzene rings is 1. The van der Waals surface area contributed by atoms with Crippen molar-refractivity contribution in [3.8, 4) is 5.75 Å². The normalized spacial score (nSPS) is 21.0. The van der Waals surface area contributed by atoms with Crippen LogP contribution in [-0.4, -0.2) is 55.9 Å². The minimum absolute atomic E-state index is 0.0230. The van der Waals surface area contributed by atoms with Crippen molar-refractivity contribution in [1.29, 1.82) is 0 Å². The zero-order valence-corrected chi connectivity index (χ0v) is 21.6. The molecule has 1 saturated heterocycles. The number of nitrogens with zero attached hydrogens (tertiary/aromatic N) is 3. The maximum absolute atomic E-state index is 13.6. The molecule has 0 radical (unpaired) electrons. The fraction of sp³-hybridized carbons (Fsp3) is 0.360. The average Bonchev–Trinajstić information content (AvgIpc) is 3.57. The lowest BCUT2D eigenvalue weighted by molar-refractivity contribution is -0.141. The molecule has 4 atom stereocenters. The summed E-state index contributed by atoms with van der Waals surface area (Å²) < 4.78 is 22.2. The van der Waals surface area contributed by atoms with Crippen LogP contribution in [0.15, 0.2) is 42.6 Å². The number of pyridine rings is 1. The van der Waals surface area contributed by atoms with Gasteiger partial charge >= 0.3 is 8.25 Å². The molecular formula is C25H28N5O7P. The molecular weight excluding hydrogens is 513 g/mol. The van der Waals surface area contributed by atoms with Crippen LogP contribution in [0.25, 0.3) is 10.9 Å². The molecule has 12 nitrogen and oxygen atoms in total. The molecule has 1 saturated carbocycles. The van der Waals surface area contributed by atoms with Crippen molar-refractivity contribution in [2.75, 3.05) is 12.1 Å². The van der Waals surface area contributed by atoms with Crippen LogP contribution in [-0.2, 0) is 25.2 Å². The van der Waals surface area contributed by atoms with Gasteiger partial charge in [0.05, 0.1) is 5.56 Å². The lowest BCUT2D eigenvalue weighted by atomic mass is 9.97. The predicted octanol–water partition coefficient (Wildman–Crippen LogP) is 2.20. The minimum atomic E-state index is -3.15. The van der Waals surface area contributed by atoms with Crippen molar-refractivity contribution in [1.82, 2.24) is 14.5 Å². The van der Waals surface area contributed by atoms with Crippen LogP contribution >= 0.6 is 8.25 Å². The lowest BCUT2D eigenvalue weighted by Crippen LogP contribution is -2.51. The summed E-state index contributed by atoms with van der Waals surface area (Å²) in [6, 6.07) is 9.56. The number of piperidine rings is 1. The SMILES string of the molecule is Cc1cccc(NC(=O)[C@@H]2[C@H]3CC[C@H](C3)N2C(=O)Cn2cc(C(N)=O)c3cc(OCO[PH](=O)O)ccc32)n1. The molecule has 5 rings (SSSR count). The van der Waals surface area contributed by atoms with Crippen LogP contribution in [0.5, 0.6) is 5.75 Å². The van der Waals surface area contributed by atoms with Gasteiger partial charge in [-0.1, -0.05) is 6.07 Å². The standard InChI is InChI=1S/C25H28N5O7P/c1-14-3-2-4-21(27-14)28-25(33)23-15-5-6-16(9-15)30(23)22(31)12-29-11-19(24(26)32)18-10-17(7-8-20(18)29)36-13-37-38(34)35/h2-4,7-8,10-11,15-16,23,38H,5-6,9,12-13H2,1H3,(H2,26,32)(H,34,35)(H,27,28,33)/t15-,16+,23-/m0/s1. The van der Waals surface area contributed by atoms with Gasteiger partial charge in [0.25, 0.3) is 5.91 Å². The molecule has 3 heterocycles. The second-order valence-corrected chi connectivity index (χ2v) is 10.3. The molecule has 0 spiro atoms. The first-order valence-corrected chi connectivity index (χ1v) is 13.4. The average molecular weight is 542 g/mol. The van der Waals surface area contributed by atoms with Crippen LogP contribution < -0.4 is 15.8 Å². The highest BCUT2D eigenvalue weighted by atomic mass is 31.1. The Morgan fingerprint density at radius 3 is 2.79 bits per heavy atom. The Bertz CT molecular complexity index is 1440. The smallest absolute Gasteiger partial charge is 0.319 e. The number of amides is 3. The third-order valence-corrected chi connectivity index (χ3v) is 7.48. The van der Waals surface area contributed by atoms with Gasteiger partial charge in [0, 0.05) is 28.8 Å². The van der Waals surface area contributed by atoms with Gasteiger partial charge in [-0.3, -0.25) is 23.5 Å². The number of carbonyl (C=O) groups is 3. The summed E-state index contributed by atoms with van der Waals surface area (Å²) in [5, 5.41) is 3.33. The van der Waals surface area contributed by atoms with Gasteiger partial charge in [-0.2, -0.15) is 0 Å². The Morgan fingerprint density at radius 1 is 1.24 bits per heavy atom. The molecule has 2 bridgehead atoms. The number of nitrogens with one attached hydrogen (secondary N) is 1. The molecule has 2 aliphatic rings. The number of ether oxygens (including phenoxy) is 1. The van der Waals surface area contributed by atoms with Crippen molar-refractivity contribution >= 4 is 42.7 Å². The van der Waals surface area contributed by atoms with E-state index < -0.39 is 27.0 Å². The van der Waals surface area contributed by atoms with E-state index in [1.165, 1.54) is 6.20 Å². The zero-order valence-electron chi connectivity index (χ0n) is 20.6. The molecule has 1 aliphatic heterocycles. The minimum Gasteiger partial charge on any atom is -0.467 e. The summed E-state index contributed by atoms with van der Waals surface area (Å²) in [6.07, 6.45) is 4.00. The Balaban J connectivity index is 1.37. The van der Waals surface area contributed by atoms with E-state index in [1.807, 2.05) is 19.1 Å². The van der Waals surface area contributed by atoms with Crippen LogP contribution in [0.4, 0.5) is 5.82 Å². The first-order chi connectivity index (χ1) is 18.2. The largest absolute Gasteiger partial charge is 0.467 e. The highest BCUT2D eigenvalue weighted by Crippen LogP contribution is 2.43. The maximum Gasteiger partial charge on any atom is 0.319 e. The number of anilines is 1. The number of hydrogen-bond acceptors (Lipinski definition) is 7. The maximum atomic E-state index is 13.6. The molecule has 38 heavy (non-hydrogen) atoms. The van der Waals surface area contributed by atoms with Crippen molar-refractivity contribution in [3.05, 3.63) is 53.9 Å². The fourth-order valence-corrected chi connectivity index (χ4v) is 5.73. The number of aromatic nitrogens is 2. The number of carbonyl (C=O) groups excluding carboxylic acids is 3. The fourth-order valence-electron chi connectivity index (χ4n) is 5.57. The van der Waals surface area contributed by atoms with E-state index in [0.29, 0.717) is 22.5 Å². The van der Waals surface area contributed by atoms with E-state index in [0.717, 1.165) is 25.0 Å². The van der Waals surface area contributed by atoms with E-state index in [4.69, 9.17) is 15.4 Å².